The van der Waals surface area contributed by atoms with Crippen molar-refractivity contribution in [1.29, 1.82) is 0 Å². The second kappa shape index (κ2) is 34.0. The van der Waals surface area contributed by atoms with Gasteiger partial charge < -0.3 is 54.8 Å². The predicted octanol–water partition coefficient (Wildman–Crippen LogP) is 1.76. The lowest BCUT2D eigenvalue weighted by Gasteiger charge is -2.26. The third-order valence-electron chi connectivity index (χ3n) is 12.1. The highest BCUT2D eigenvalue weighted by Crippen LogP contribution is 2.13. The standard InChI is InChI=1S/C55H70Cl2N12O8/c56-34-46(70)40(24-14-28-62-54(58)59)66-52(76)44(32-38-20-9-3-10-21-38)68-50(74)42(30-36-16-5-1-6-17-36)64-48(72)26-13-27-49(73)65-43(31-37-18-7-2-8-19-37)51(75)69-45(33-39-22-11-4-12-23-39)53(77)67-41(47(71)35-57)25-15-29-63-55(60)61/h1-12,16-23,40-45H,13-15,24-35H2,(H,64,72)(H,65,73)(H,66,76)(H,67,77)(H,68,74)(H,69,75)(H4,58,59,62)(H4,60,61,63). The number of carbonyl (C=O) groups excluding carboxylic acids is 8. The van der Waals surface area contributed by atoms with Crippen LogP contribution in [0.1, 0.15) is 67.2 Å². The van der Waals surface area contributed by atoms with E-state index in [1.807, 2.05) is 0 Å². The van der Waals surface area contributed by atoms with Crippen molar-refractivity contribution in [3.8, 4) is 0 Å². The van der Waals surface area contributed by atoms with Crippen molar-refractivity contribution >= 4 is 82.1 Å². The van der Waals surface area contributed by atoms with Crippen LogP contribution >= 0.6 is 23.2 Å². The normalized spacial score (nSPS) is 13.1. The fourth-order valence-corrected chi connectivity index (χ4v) is 8.46. The molecular weight excluding hydrogens is 1030 g/mol. The fourth-order valence-electron chi connectivity index (χ4n) is 8.09. The number of Topliss-reactive ketones (excluding diaryl/α,β-unsaturated/α-hetero) is 2. The maximum atomic E-state index is 14.3. The van der Waals surface area contributed by atoms with Crippen LogP contribution in [0, 0.1) is 0 Å². The van der Waals surface area contributed by atoms with Gasteiger partial charge in [-0.3, -0.25) is 48.3 Å². The molecule has 6 unspecified atom stereocenters. The van der Waals surface area contributed by atoms with Gasteiger partial charge in [0.05, 0.1) is 23.8 Å². The topological polar surface area (TPSA) is 338 Å². The van der Waals surface area contributed by atoms with Crippen LogP contribution < -0.4 is 54.8 Å². The van der Waals surface area contributed by atoms with Crippen molar-refractivity contribution in [1.82, 2.24) is 31.9 Å². The second-order valence-electron chi connectivity index (χ2n) is 18.2. The van der Waals surface area contributed by atoms with Gasteiger partial charge in [-0.15, -0.1) is 23.2 Å². The zero-order chi connectivity index (χ0) is 56.0. The molecule has 4 rings (SSSR count). The van der Waals surface area contributed by atoms with Crippen LogP contribution in [0.2, 0.25) is 0 Å². The minimum atomic E-state index is -1.19. The first-order chi connectivity index (χ1) is 37.0. The number of halogens is 2. The molecule has 6 atom stereocenters. The Kier molecular flexibility index (Phi) is 27.2. The number of nitrogens with two attached hydrogens (primary N) is 4. The summed E-state index contributed by atoms with van der Waals surface area (Å²) in [6.45, 7) is 0.412. The number of aliphatic imine (C=N–C) groups is 2. The summed E-state index contributed by atoms with van der Waals surface area (Å²) in [5.74, 6) is -5.68. The third-order valence-corrected chi connectivity index (χ3v) is 12.6. The van der Waals surface area contributed by atoms with Gasteiger partial charge in [0, 0.05) is 51.6 Å². The Morgan fingerprint density at radius 3 is 0.896 bits per heavy atom. The molecule has 0 fully saturated rings. The van der Waals surface area contributed by atoms with Crippen molar-refractivity contribution < 1.29 is 38.4 Å². The lowest BCUT2D eigenvalue weighted by Crippen LogP contribution is -2.57. The van der Waals surface area contributed by atoms with Gasteiger partial charge in [-0.1, -0.05) is 121 Å². The quantitative estimate of drug-likeness (QED) is 0.0139. The van der Waals surface area contributed by atoms with E-state index in [4.69, 9.17) is 46.1 Å². The molecule has 0 spiro atoms. The Balaban J connectivity index is 1.48. The number of carbonyl (C=O) groups is 8. The van der Waals surface area contributed by atoms with E-state index in [0.29, 0.717) is 35.1 Å². The second-order valence-corrected chi connectivity index (χ2v) is 18.7. The van der Waals surface area contributed by atoms with E-state index in [-0.39, 0.29) is 94.6 Å². The van der Waals surface area contributed by atoms with Gasteiger partial charge in [-0.25, -0.2) is 0 Å². The molecule has 0 heterocycles. The Labute approximate surface area is 458 Å². The largest absolute Gasteiger partial charge is 0.370 e. The van der Waals surface area contributed by atoms with E-state index < -0.39 is 83.3 Å². The number of nitrogens with zero attached hydrogens (tertiary/aromatic N) is 2. The smallest absolute Gasteiger partial charge is 0.243 e. The van der Waals surface area contributed by atoms with Crippen LogP contribution in [0.4, 0.5) is 0 Å². The van der Waals surface area contributed by atoms with Crippen LogP contribution in [-0.2, 0) is 64.0 Å². The van der Waals surface area contributed by atoms with Crippen LogP contribution in [0.3, 0.4) is 0 Å². The fraction of sp³-hybridized carbons (Fsp3) is 0.382. The van der Waals surface area contributed by atoms with E-state index in [2.05, 4.69) is 41.9 Å². The number of guanidine groups is 2. The van der Waals surface area contributed by atoms with Gasteiger partial charge in [0.2, 0.25) is 35.4 Å². The monoisotopic (exact) mass is 1100 g/mol. The van der Waals surface area contributed by atoms with Crippen molar-refractivity contribution in [2.45, 2.75) is 107 Å². The maximum absolute atomic E-state index is 14.3. The summed E-state index contributed by atoms with van der Waals surface area (Å²) in [4.78, 5) is 117. The summed E-state index contributed by atoms with van der Waals surface area (Å²) in [6.07, 6.45) is 0.801. The average molecular weight is 1100 g/mol. The van der Waals surface area contributed by atoms with E-state index in [1.54, 1.807) is 121 Å². The van der Waals surface area contributed by atoms with Gasteiger partial charge >= 0.3 is 0 Å². The minimum absolute atomic E-state index is 0.00738. The molecule has 22 heteroatoms. The van der Waals surface area contributed by atoms with Crippen LogP contribution in [0.25, 0.3) is 0 Å². The maximum Gasteiger partial charge on any atom is 0.243 e. The zero-order valence-electron chi connectivity index (χ0n) is 42.8. The molecule has 0 bridgehead atoms. The van der Waals surface area contributed by atoms with Gasteiger partial charge in [-0.05, 0) is 54.4 Å². The molecule has 4 aromatic carbocycles. The molecule has 0 saturated carbocycles. The number of hydrogen-bond acceptors (Lipinski definition) is 10. The van der Waals surface area contributed by atoms with Gasteiger partial charge in [0.1, 0.15) is 24.2 Å². The first-order valence-corrected chi connectivity index (χ1v) is 26.4. The Hall–Kier alpha value is -7.84. The van der Waals surface area contributed by atoms with E-state index >= 15 is 0 Å². The Morgan fingerprint density at radius 2 is 0.636 bits per heavy atom. The molecule has 0 radical (unpaired) electrons. The number of amides is 6. The molecule has 0 aliphatic heterocycles. The summed E-state index contributed by atoms with van der Waals surface area (Å²) in [7, 11) is 0. The summed E-state index contributed by atoms with van der Waals surface area (Å²) < 4.78 is 0. The van der Waals surface area contributed by atoms with E-state index in [0.717, 1.165) is 0 Å². The number of alkyl halides is 2. The number of nitrogens with one attached hydrogen (secondary N) is 6. The van der Waals surface area contributed by atoms with Crippen molar-refractivity contribution in [3.63, 3.8) is 0 Å². The molecule has 0 aliphatic carbocycles. The molecule has 6 amide bonds. The van der Waals surface area contributed by atoms with E-state index in [1.165, 1.54) is 0 Å². The molecule has 20 nitrogen and oxygen atoms in total. The molecule has 14 N–H and O–H groups in total. The summed E-state index contributed by atoms with van der Waals surface area (Å²) >= 11 is 11.8. The van der Waals surface area contributed by atoms with E-state index in [9.17, 15) is 38.4 Å². The molecule has 0 aromatic heterocycles. The highest BCUT2D eigenvalue weighted by Gasteiger charge is 2.32. The molecule has 0 saturated heterocycles. The van der Waals surface area contributed by atoms with Crippen LogP contribution in [0.15, 0.2) is 131 Å². The number of benzene rings is 4. The van der Waals surface area contributed by atoms with Crippen molar-refractivity contribution in [2.75, 3.05) is 24.8 Å². The SMILES string of the molecule is NC(N)=NCCCC(NC(=O)C(Cc1ccccc1)NC(=O)C(Cc1ccccc1)NC(=O)CCCC(=O)NC(Cc1ccccc1)C(=O)NC(Cc1ccccc1)C(=O)NC(CCCN=C(N)N)C(=O)CCl)C(=O)CCl. The first-order valence-electron chi connectivity index (χ1n) is 25.3. The van der Waals surface area contributed by atoms with Gasteiger partial charge in [0.15, 0.2) is 23.5 Å². The lowest BCUT2D eigenvalue weighted by molar-refractivity contribution is -0.133. The average Bonchev–Trinajstić information content (AvgIpc) is 3.42. The Bertz CT molecular complexity index is 2410. The summed E-state index contributed by atoms with van der Waals surface area (Å²) in [5.41, 5.74) is 24.6. The number of ketones is 2. The molecule has 412 valence electrons. The van der Waals surface area contributed by atoms with Gasteiger partial charge in [-0.2, -0.15) is 0 Å². The zero-order valence-corrected chi connectivity index (χ0v) is 44.4. The number of rotatable bonds is 34. The first kappa shape index (κ1) is 61.7. The summed E-state index contributed by atoms with van der Waals surface area (Å²) in [6, 6.07) is 29.0. The molecule has 77 heavy (non-hydrogen) atoms. The molecule has 4 aromatic rings. The van der Waals surface area contributed by atoms with Crippen molar-refractivity contribution in [3.05, 3.63) is 144 Å². The molecular formula is C55H70Cl2N12O8. The summed E-state index contributed by atoms with van der Waals surface area (Å²) in [5, 5.41) is 16.6. The van der Waals surface area contributed by atoms with Crippen molar-refractivity contribution in [2.24, 2.45) is 32.9 Å². The van der Waals surface area contributed by atoms with Crippen LogP contribution in [0.5, 0.6) is 0 Å². The Morgan fingerprint density at radius 1 is 0.377 bits per heavy atom. The number of hydrogen-bond donors (Lipinski definition) is 10. The highest BCUT2D eigenvalue weighted by molar-refractivity contribution is 6.29. The molecule has 0 aliphatic rings. The lowest BCUT2D eigenvalue weighted by atomic mass is 10.0. The van der Waals surface area contributed by atoms with Crippen LogP contribution in [-0.4, -0.2) is 120 Å². The third kappa shape index (κ3) is 23.7. The predicted molar refractivity (Wildman–Crippen MR) is 297 cm³/mol. The minimum Gasteiger partial charge on any atom is -0.370 e. The van der Waals surface area contributed by atoms with Gasteiger partial charge in [0.25, 0.3) is 0 Å². The highest BCUT2D eigenvalue weighted by atomic mass is 35.5.